The van der Waals surface area contributed by atoms with Gasteiger partial charge in [-0.2, -0.15) is 0 Å². The fourth-order valence-corrected chi connectivity index (χ4v) is 3.09. The predicted octanol–water partition coefficient (Wildman–Crippen LogP) is 2.25. The van der Waals surface area contributed by atoms with Crippen molar-refractivity contribution in [2.75, 3.05) is 60.2 Å². The highest BCUT2D eigenvalue weighted by Gasteiger charge is 2.17. The van der Waals surface area contributed by atoms with Crippen LogP contribution in [0.15, 0.2) is 4.99 Å². The molecule has 2 N–H and O–H groups in total. The van der Waals surface area contributed by atoms with Gasteiger partial charge in [0, 0.05) is 39.3 Å². The van der Waals surface area contributed by atoms with E-state index in [1.807, 2.05) is 7.05 Å². The van der Waals surface area contributed by atoms with E-state index < -0.39 is 0 Å². The van der Waals surface area contributed by atoms with Crippen molar-refractivity contribution in [1.82, 2.24) is 15.5 Å². The van der Waals surface area contributed by atoms with Crippen molar-refractivity contribution < 1.29 is 9.47 Å². The monoisotopic (exact) mass is 356 g/mol. The molecule has 6 nitrogen and oxygen atoms in total. The van der Waals surface area contributed by atoms with Gasteiger partial charge < -0.3 is 25.0 Å². The quantitative estimate of drug-likeness (QED) is 0.301. The number of likely N-dealkylation sites (N-methyl/N-ethyl adjacent to an activating group) is 1. The molecule has 0 saturated heterocycles. The maximum atomic E-state index is 5.55. The van der Waals surface area contributed by atoms with E-state index >= 15 is 0 Å². The molecule has 0 bridgehead atoms. The average Bonchev–Trinajstić information content (AvgIpc) is 2.65. The van der Waals surface area contributed by atoms with Crippen molar-refractivity contribution in [3.63, 3.8) is 0 Å². The van der Waals surface area contributed by atoms with Crippen molar-refractivity contribution in [1.29, 1.82) is 0 Å². The molecule has 0 aromatic heterocycles. The first kappa shape index (κ1) is 22.2. The molecule has 1 rings (SSSR count). The Bertz CT molecular complexity index is 333. The van der Waals surface area contributed by atoms with Gasteiger partial charge in [-0.15, -0.1) is 0 Å². The Balaban J connectivity index is 1.97. The lowest BCUT2D eigenvalue weighted by molar-refractivity contribution is 0.0487. The van der Waals surface area contributed by atoms with E-state index in [-0.39, 0.29) is 0 Å². The molecule has 1 fully saturated rings. The van der Waals surface area contributed by atoms with Crippen LogP contribution in [0.25, 0.3) is 0 Å². The summed E-state index contributed by atoms with van der Waals surface area (Å²) in [6.07, 6.45) is 9.18. The van der Waals surface area contributed by atoms with Crippen molar-refractivity contribution in [2.45, 2.75) is 57.9 Å². The lowest BCUT2D eigenvalue weighted by atomic mass is 9.94. The highest BCUT2D eigenvalue weighted by Crippen LogP contribution is 2.21. The van der Waals surface area contributed by atoms with E-state index in [2.05, 4.69) is 34.5 Å². The summed E-state index contributed by atoms with van der Waals surface area (Å²) < 4.78 is 11.0. The molecular weight excluding hydrogens is 316 g/mol. The third kappa shape index (κ3) is 11.4. The van der Waals surface area contributed by atoms with E-state index in [0.717, 1.165) is 44.7 Å². The Hall–Kier alpha value is -0.850. The molecule has 25 heavy (non-hydrogen) atoms. The number of nitrogens with zero attached hydrogens (tertiary/aromatic N) is 2. The number of aliphatic imine (C=N–C) groups is 1. The van der Waals surface area contributed by atoms with Gasteiger partial charge in [0.15, 0.2) is 5.96 Å². The number of ether oxygens (including phenoxy) is 2. The Kier molecular flexibility index (Phi) is 13.7. The second-order valence-corrected chi connectivity index (χ2v) is 6.78. The fourth-order valence-electron chi connectivity index (χ4n) is 3.09. The van der Waals surface area contributed by atoms with E-state index in [9.17, 15) is 0 Å². The van der Waals surface area contributed by atoms with Gasteiger partial charge in [0.2, 0.25) is 0 Å². The minimum Gasteiger partial charge on any atom is -0.379 e. The number of hydrogen-bond acceptors (Lipinski definition) is 4. The fraction of sp³-hybridized carbons (Fsp3) is 0.947. The summed E-state index contributed by atoms with van der Waals surface area (Å²) in [7, 11) is 4.05. The summed E-state index contributed by atoms with van der Waals surface area (Å²) in [4.78, 5) is 6.75. The minimum absolute atomic E-state index is 0.656. The van der Waals surface area contributed by atoms with Gasteiger partial charge in [-0.25, -0.2) is 0 Å². The van der Waals surface area contributed by atoms with Gasteiger partial charge >= 0.3 is 0 Å². The lowest BCUT2D eigenvalue weighted by Gasteiger charge is -2.31. The molecule has 0 amide bonds. The number of hydrogen-bond donors (Lipinski definition) is 2. The second-order valence-electron chi connectivity index (χ2n) is 6.78. The summed E-state index contributed by atoms with van der Waals surface area (Å²) in [5.41, 5.74) is 0. The first-order valence-electron chi connectivity index (χ1n) is 10.1. The van der Waals surface area contributed by atoms with Gasteiger partial charge in [0.1, 0.15) is 0 Å². The topological polar surface area (TPSA) is 58.1 Å². The van der Waals surface area contributed by atoms with E-state index in [0.29, 0.717) is 19.8 Å². The molecule has 1 saturated carbocycles. The highest BCUT2D eigenvalue weighted by molar-refractivity contribution is 5.79. The molecule has 0 radical (unpaired) electrons. The van der Waals surface area contributed by atoms with Crippen LogP contribution >= 0.6 is 0 Å². The first-order chi connectivity index (χ1) is 12.3. The smallest absolute Gasteiger partial charge is 0.191 e. The first-order valence-corrected chi connectivity index (χ1v) is 10.1. The van der Waals surface area contributed by atoms with E-state index in [4.69, 9.17) is 9.47 Å². The zero-order valence-corrected chi connectivity index (χ0v) is 16.7. The zero-order valence-electron chi connectivity index (χ0n) is 16.7. The van der Waals surface area contributed by atoms with Gasteiger partial charge in [0.05, 0.1) is 19.8 Å². The molecule has 1 aliphatic carbocycles. The van der Waals surface area contributed by atoms with Gasteiger partial charge in [-0.3, -0.25) is 4.99 Å². The molecule has 6 heteroatoms. The number of guanidine groups is 1. The molecule has 148 valence electrons. The molecule has 0 aliphatic heterocycles. The largest absolute Gasteiger partial charge is 0.379 e. The Morgan fingerprint density at radius 2 is 1.68 bits per heavy atom. The van der Waals surface area contributed by atoms with Crippen molar-refractivity contribution in [3.05, 3.63) is 0 Å². The minimum atomic E-state index is 0.656. The zero-order chi connectivity index (χ0) is 18.2. The molecule has 0 unspecified atom stereocenters. The second kappa shape index (κ2) is 15.4. The summed E-state index contributed by atoms with van der Waals surface area (Å²) in [6, 6.07) is 0.762. The maximum Gasteiger partial charge on any atom is 0.191 e. The highest BCUT2D eigenvalue weighted by atomic mass is 16.5. The number of rotatable bonds is 13. The van der Waals surface area contributed by atoms with Gasteiger partial charge in [0.25, 0.3) is 0 Å². The average molecular weight is 357 g/mol. The van der Waals surface area contributed by atoms with Crippen LogP contribution < -0.4 is 10.6 Å². The standard InChI is InChI=1S/C19H40N4O2/c1-4-5-14-24-16-17-25-15-12-22-19(20-2)21-11-13-23(3)18-9-7-6-8-10-18/h18H,4-17H2,1-3H3,(H2,20,21,22). The van der Waals surface area contributed by atoms with Crippen LogP contribution in [-0.4, -0.2) is 77.1 Å². The number of nitrogens with one attached hydrogen (secondary N) is 2. The molecule has 1 aliphatic rings. The number of unbranched alkanes of at least 4 members (excludes halogenated alkanes) is 1. The maximum absolute atomic E-state index is 5.55. The van der Waals surface area contributed by atoms with Crippen LogP contribution in [0, 0.1) is 0 Å². The van der Waals surface area contributed by atoms with E-state index in [1.54, 1.807) is 0 Å². The van der Waals surface area contributed by atoms with Crippen LogP contribution in [0.3, 0.4) is 0 Å². The molecule has 0 aromatic rings. The van der Waals surface area contributed by atoms with Crippen LogP contribution in [-0.2, 0) is 9.47 Å². The SMILES string of the molecule is CCCCOCCOCCNC(=NC)NCCN(C)C1CCCCC1. The van der Waals surface area contributed by atoms with Crippen LogP contribution in [0.4, 0.5) is 0 Å². The third-order valence-corrected chi connectivity index (χ3v) is 4.73. The van der Waals surface area contributed by atoms with Crippen LogP contribution in [0.2, 0.25) is 0 Å². The summed E-state index contributed by atoms with van der Waals surface area (Å²) in [6.45, 7) is 7.73. The Morgan fingerprint density at radius 1 is 1.00 bits per heavy atom. The molecule has 0 heterocycles. The molecule has 0 atom stereocenters. The van der Waals surface area contributed by atoms with Crippen molar-refractivity contribution in [2.24, 2.45) is 4.99 Å². The predicted molar refractivity (Wildman–Crippen MR) is 105 cm³/mol. The summed E-state index contributed by atoms with van der Waals surface area (Å²) in [5, 5.41) is 6.67. The van der Waals surface area contributed by atoms with Gasteiger partial charge in [-0.1, -0.05) is 32.6 Å². The Labute approximate surface area is 154 Å². The van der Waals surface area contributed by atoms with Crippen LogP contribution in [0.1, 0.15) is 51.9 Å². The van der Waals surface area contributed by atoms with Crippen LogP contribution in [0.5, 0.6) is 0 Å². The van der Waals surface area contributed by atoms with E-state index in [1.165, 1.54) is 38.5 Å². The molecular formula is C19H40N4O2. The summed E-state index contributed by atoms with van der Waals surface area (Å²) in [5.74, 6) is 0.847. The Morgan fingerprint density at radius 3 is 2.36 bits per heavy atom. The van der Waals surface area contributed by atoms with Crippen molar-refractivity contribution in [3.8, 4) is 0 Å². The third-order valence-electron chi connectivity index (χ3n) is 4.73. The lowest BCUT2D eigenvalue weighted by Crippen LogP contribution is -2.44. The van der Waals surface area contributed by atoms with Crippen molar-refractivity contribution >= 4 is 5.96 Å². The molecule has 0 aromatic carbocycles. The molecule has 0 spiro atoms. The normalized spacial score (nSPS) is 16.4. The summed E-state index contributed by atoms with van der Waals surface area (Å²) >= 11 is 0. The van der Waals surface area contributed by atoms with Gasteiger partial charge in [-0.05, 0) is 26.3 Å².